The number of amidine groups is 1. The van der Waals surface area contributed by atoms with Gasteiger partial charge in [0.15, 0.2) is 0 Å². The van der Waals surface area contributed by atoms with Crippen LogP contribution in [0.15, 0.2) is 0 Å². The summed E-state index contributed by atoms with van der Waals surface area (Å²) in [5, 5.41) is 10.8. The Morgan fingerprint density at radius 3 is 2.88 bits per heavy atom. The van der Waals surface area contributed by atoms with E-state index in [1.165, 1.54) is 6.42 Å². The van der Waals surface area contributed by atoms with Crippen molar-refractivity contribution in [3.05, 3.63) is 0 Å². The summed E-state index contributed by atoms with van der Waals surface area (Å²) in [6.45, 7) is 7.09. The largest absolute Gasteiger partial charge is 0.323 e. The van der Waals surface area contributed by atoms with Crippen LogP contribution in [0, 0.1) is 17.2 Å². The van der Waals surface area contributed by atoms with Gasteiger partial charge in [0.1, 0.15) is 11.4 Å². The molecular weight excluding hydrogens is 202 g/mol. The zero-order valence-corrected chi connectivity index (χ0v) is 10.3. The molecule has 3 unspecified atom stereocenters. The number of rotatable bonds is 1. The van der Waals surface area contributed by atoms with Crippen molar-refractivity contribution in [1.82, 2.24) is 10.2 Å². The van der Waals surface area contributed by atoms with E-state index in [4.69, 9.17) is 5.41 Å². The molecule has 0 bridgehead atoms. The van der Waals surface area contributed by atoms with Gasteiger partial charge in [-0.25, -0.2) is 4.79 Å². The highest BCUT2D eigenvalue weighted by atomic mass is 16.2. The van der Waals surface area contributed by atoms with Gasteiger partial charge in [0.05, 0.1) is 0 Å². The fourth-order valence-corrected chi connectivity index (χ4v) is 3.40. The second-order valence-electron chi connectivity index (χ2n) is 5.13. The van der Waals surface area contributed by atoms with Crippen molar-refractivity contribution in [1.29, 1.82) is 5.41 Å². The van der Waals surface area contributed by atoms with Crippen LogP contribution in [0.25, 0.3) is 0 Å². The van der Waals surface area contributed by atoms with E-state index in [1.54, 1.807) is 0 Å². The molecule has 2 amide bonds. The van der Waals surface area contributed by atoms with E-state index in [0.29, 0.717) is 24.2 Å². The van der Waals surface area contributed by atoms with Crippen molar-refractivity contribution in [3.63, 3.8) is 0 Å². The van der Waals surface area contributed by atoms with Crippen LogP contribution in [-0.2, 0) is 0 Å². The van der Waals surface area contributed by atoms with Gasteiger partial charge in [-0.2, -0.15) is 0 Å². The Hall–Kier alpha value is -1.06. The first-order valence-corrected chi connectivity index (χ1v) is 6.21. The van der Waals surface area contributed by atoms with E-state index in [2.05, 4.69) is 19.2 Å². The molecule has 1 aliphatic carbocycles. The van der Waals surface area contributed by atoms with Gasteiger partial charge in [0.25, 0.3) is 0 Å². The third-order valence-corrected chi connectivity index (χ3v) is 4.53. The molecule has 1 saturated carbocycles. The number of hydrogen-bond acceptors (Lipinski definition) is 2. The van der Waals surface area contributed by atoms with E-state index >= 15 is 0 Å². The summed E-state index contributed by atoms with van der Waals surface area (Å²) in [6.07, 6.45) is 3.26. The summed E-state index contributed by atoms with van der Waals surface area (Å²) in [5.41, 5.74) is -0.344. The minimum atomic E-state index is -0.344. The number of amides is 2. The van der Waals surface area contributed by atoms with E-state index in [1.807, 2.05) is 11.8 Å². The lowest BCUT2D eigenvalue weighted by molar-refractivity contribution is 0.0780. The van der Waals surface area contributed by atoms with Gasteiger partial charge in [-0.1, -0.05) is 26.7 Å². The predicted molar refractivity (Wildman–Crippen MR) is 63.5 cm³/mol. The molecule has 1 spiro atoms. The molecule has 16 heavy (non-hydrogen) atoms. The summed E-state index contributed by atoms with van der Waals surface area (Å²) < 4.78 is 0. The van der Waals surface area contributed by atoms with Crippen molar-refractivity contribution >= 4 is 11.9 Å². The van der Waals surface area contributed by atoms with Crippen LogP contribution in [0.4, 0.5) is 4.79 Å². The van der Waals surface area contributed by atoms with E-state index < -0.39 is 0 Å². The minimum absolute atomic E-state index is 0.0894. The van der Waals surface area contributed by atoms with E-state index in [9.17, 15) is 4.79 Å². The molecule has 3 atom stereocenters. The van der Waals surface area contributed by atoms with E-state index in [-0.39, 0.29) is 11.6 Å². The zero-order chi connectivity index (χ0) is 11.9. The normalized spacial score (nSPS) is 39.3. The van der Waals surface area contributed by atoms with Gasteiger partial charge in [-0.15, -0.1) is 0 Å². The first-order chi connectivity index (χ1) is 7.54. The monoisotopic (exact) mass is 223 g/mol. The van der Waals surface area contributed by atoms with E-state index in [0.717, 1.165) is 12.8 Å². The van der Waals surface area contributed by atoms with Crippen molar-refractivity contribution < 1.29 is 4.79 Å². The number of likely N-dealkylation sites (N-methyl/N-ethyl adjacent to an activating group) is 1. The molecular formula is C12H21N3O. The first kappa shape index (κ1) is 11.4. The smallest absolute Gasteiger partial charge is 0.312 e. The van der Waals surface area contributed by atoms with Crippen LogP contribution in [0.2, 0.25) is 0 Å². The second kappa shape index (κ2) is 3.75. The number of urea groups is 1. The summed E-state index contributed by atoms with van der Waals surface area (Å²) in [5.74, 6) is 1.36. The summed E-state index contributed by atoms with van der Waals surface area (Å²) in [6, 6.07) is -0.0894. The standard InChI is InChI=1S/C12H21N3O/c1-4-15-11(16)14-10(13)12(15)7-5-6-8(2)9(12)3/h8-9H,4-7H2,1-3H3,(H2,13,14,16). The van der Waals surface area contributed by atoms with Gasteiger partial charge in [-0.05, 0) is 25.2 Å². The van der Waals surface area contributed by atoms with Crippen molar-refractivity contribution in [2.45, 2.75) is 45.6 Å². The highest BCUT2D eigenvalue weighted by Crippen LogP contribution is 2.44. The van der Waals surface area contributed by atoms with Crippen molar-refractivity contribution in [2.24, 2.45) is 11.8 Å². The Labute approximate surface area is 96.9 Å². The molecule has 1 heterocycles. The van der Waals surface area contributed by atoms with Gasteiger partial charge in [0.2, 0.25) is 0 Å². The van der Waals surface area contributed by atoms with Crippen LogP contribution < -0.4 is 5.32 Å². The SMILES string of the molecule is CCN1C(=O)NC(=N)C12CCCC(C)C2C. The Bertz CT molecular complexity index is 328. The first-order valence-electron chi connectivity index (χ1n) is 6.21. The maximum absolute atomic E-state index is 11.8. The fraction of sp³-hybridized carbons (Fsp3) is 0.833. The summed E-state index contributed by atoms with van der Waals surface area (Å²) in [7, 11) is 0. The molecule has 1 aliphatic heterocycles. The Balaban J connectivity index is 2.40. The lowest BCUT2D eigenvalue weighted by Gasteiger charge is -2.47. The molecule has 0 aromatic carbocycles. The molecule has 0 aromatic heterocycles. The third kappa shape index (κ3) is 1.28. The molecule has 2 N–H and O–H groups in total. The average molecular weight is 223 g/mol. The fourth-order valence-electron chi connectivity index (χ4n) is 3.40. The van der Waals surface area contributed by atoms with Crippen LogP contribution >= 0.6 is 0 Å². The molecule has 4 heteroatoms. The lowest BCUT2D eigenvalue weighted by Crippen LogP contribution is -2.57. The molecule has 1 saturated heterocycles. The van der Waals surface area contributed by atoms with Crippen LogP contribution in [0.3, 0.4) is 0 Å². The lowest BCUT2D eigenvalue weighted by atomic mass is 9.67. The quantitative estimate of drug-likeness (QED) is 0.703. The molecule has 0 aromatic rings. The molecule has 4 nitrogen and oxygen atoms in total. The number of hydrogen-bond donors (Lipinski definition) is 2. The van der Waals surface area contributed by atoms with Crippen LogP contribution in [0.5, 0.6) is 0 Å². The molecule has 2 rings (SSSR count). The number of carbonyl (C=O) groups excluding carboxylic acids is 1. The van der Waals surface area contributed by atoms with Gasteiger partial charge in [-0.3, -0.25) is 10.7 Å². The topological polar surface area (TPSA) is 56.2 Å². The third-order valence-electron chi connectivity index (χ3n) is 4.53. The Kier molecular flexibility index (Phi) is 2.68. The van der Waals surface area contributed by atoms with Gasteiger partial charge in [0, 0.05) is 6.54 Å². The zero-order valence-electron chi connectivity index (χ0n) is 10.3. The van der Waals surface area contributed by atoms with Crippen LogP contribution in [-0.4, -0.2) is 28.9 Å². The number of nitrogens with one attached hydrogen (secondary N) is 2. The summed E-state index contributed by atoms with van der Waals surface area (Å²) >= 11 is 0. The summed E-state index contributed by atoms with van der Waals surface area (Å²) in [4.78, 5) is 13.7. The number of nitrogens with zero attached hydrogens (tertiary/aromatic N) is 1. The Morgan fingerprint density at radius 1 is 1.56 bits per heavy atom. The highest BCUT2D eigenvalue weighted by molar-refractivity contribution is 6.08. The molecule has 2 aliphatic rings. The number of carbonyl (C=O) groups is 1. The maximum atomic E-state index is 11.8. The van der Waals surface area contributed by atoms with Crippen LogP contribution in [0.1, 0.15) is 40.0 Å². The highest BCUT2D eigenvalue weighted by Gasteiger charge is 2.55. The average Bonchev–Trinajstić information content (AvgIpc) is 2.47. The predicted octanol–water partition coefficient (Wildman–Crippen LogP) is 2.20. The van der Waals surface area contributed by atoms with Crippen molar-refractivity contribution in [3.8, 4) is 0 Å². The second-order valence-corrected chi connectivity index (χ2v) is 5.13. The van der Waals surface area contributed by atoms with Crippen molar-refractivity contribution in [2.75, 3.05) is 6.54 Å². The van der Waals surface area contributed by atoms with Gasteiger partial charge < -0.3 is 4.90 Å². The Morgan fingerprint density at radius 2 is 2.25 bits per heavy atom. The minimum Gasteiger partial charge on any atom is -0.312 e. The molecule has 90 valence electrons. The molecule has 2 fully saturated rings. The van der Waals surface area contributed by atoms with Gasteiger partial charge >= 0.3 is 6.03 Å². The maximum Gasteiger partial charge on any atom is 0.323 e. The molecule has 0 radical (unpaired) electrons.